The van der Waals surface area contributed by atoms with E-state index in [1.807, 2.05) is 59.7 Å². The van der Waals surface area contributed by atoms with E-state index in [-0.39, 0.29) is 5.91 Å². The zero-order valence-electron chi connectivity index (χ0n) is 17.7. The number of carbonyl (C=O) groups is 1. The Balaban J connectivity index is 2.02. The summed E-state index contributed by atoms with van der Waals surface area (Å²) in [6.45, 7) is 12.4. The summed E-state index contributed by atoms with van der Waals surface area (Å²) in [6.07, 6.45) is 1.62. The summed E-state index contributed by atoms with van der Waals surface area (Å²) in [5.74, 6) is 1.48. The Morgan fingerprint density at radius 2 is 1.90 bits per heavy atom. The van der Waals surface area contributed by atoms with Gasteiger partial charge in [-0.1, -0.05) is 15.9 Å². The first-order chi connectivity index (χ1) is 13.7. The molecule has 0 aliphatic rings. The van der Waals surface area contributed by atoms with Gasteiger partial charge < -0.3 is 14.5 Å². The topological polar surface area (TPSA) is 51.5 Å². The number of nitrogens with one attached hydrogen (secondary N) is 1. The number of carbonyl (C=O) groups excluding carboxylic acids is 1. The molecule has 0 atom stereocenters. The first kappa shape index (κ1) is 21.2. The third-order valence-electron chi connectivity index (χ3n) is 5.15. The molecule has 3 aromatic rings. The molecule has 0 spiro atoms. The van der Waals surface area contributed by atoms with Crippen molar-refractivity contribution in [3.63, 3.8) is 0 Å². The minimum atomic E-state index is -0.173. The Hall–Kier alpha value is -2.53. The van der Waals surface area contributed by atoms with Crippen LogP contribution < -0.4 is 10.1 Å². The number of furan rings is 1. The van der Waals surface area contributed by atoms with Crippen LogP contribution in [0.15, 0.2) is 39.2 Å². The zero-order valence-corrected chi connectivity index (χ0v) is 19.3. The van der Waals surface area contributed by atoms with Crippen LogP contribution in [-0.4, -0.2) is 12.5 Å². The van der Waals surface area contributed by atoms with Gasteiger partial charge in [-0.05, 0) is 82.5 Å². The molecule has 0 fully saturated rings. The molecule has 0 saturated carbocycles. The normalized spacial score (nSPS) is 11.8. The second-order valence-electron chi connectivity index (χ2n) is 7.25. The second-order valence-corrected chi connectivity index (χ2v) is 8.16. The number of benzene rings is 2. The number of halogens is 1. The smallest absolute Gasteiger partial charge is 0.248 e. The number of aryl methyl sites for hydroxylation is 4. The molecular weight excluding hydrogens is 430 g/mol. The Labute approximate surface area is 180 Å². The highest BCUT2D eigenvalue weighted by Gasteiger charge is 2.19. The Morgan fingerprint density at radius 1 is 1.17 bits per heavy atom. The molecule has 1 aromatic heterocycles. The second kappa shape index (κ2) is 8.46. The predicted octanol–water partition coefficient (Wildman–Crippen LogP) is 6.87. The van der Waals surface area contributed by atoms with Crippen LogP contribution in [0, 0.1) is 27.7 Å². The monoisotopic (exact) mass is 455 g/mol. The molecule has 0 radical (unpaired) electrons. The van der Waals surface area contributed by atoms with Crippen molar-refractivity contribution in [2.45, 2.75) is 41.5 Å². The maximum atomic E-state index is 12.7. The molecule has 0 bridgehead atoms. The molecule has 3 rings (SSSR count). The third kappa shape index (κ3) is 4.25. The van der Waals surface area contributed by atoms with E-state index in [1.54, 1.807) is 6.08 Å². The first-order valence-electron chi connectivity index (χ1n) is 9.64. The van der Waals surface area contributed by atoms with Crippen LogP contribution in [-0.2, 0) is 4.79 Å². The van der Waals surface area contributed by atoms with Gasteiger partial charge in [0.15, 0.2) is 0 Å². The summed E-state index contributed by atoms with van der Waals surface area (Å²) in [5, 5.41) is 4.01. The Morgan fingerprint density at radius 3 is 2.55 bits per heavy atom. The summed E-state index contributed by atoms with van der Waals surface area (Å²) in [6, 6.07) is 7.83. The van der Waals surface area contributed by atoms with Crippen LogP contribution in [0.1, 0.15) is 41.9 Å². The molecule has 0 aliphatic heterocycles. The SMILES string of the molecule is CCOc1c(/C(C)=C/C(=O)Nc2ccc(Br)cc2C)cc2c(C)c(C)oc2c1C. The number of fused-ring (bicyclic) bond motifs is 1. The van der Waals surface area contributed by atoms with Crippen LogP contribution in [0.2, 0.25) is 0 Å². The lowest BCUT2D eigenvalue weighted by Crippen LogP contribution is -2.10. The quantitative estimate of drug-likeness (QED) is 0.427. The van der Waals surface area contributed by atoms with Gasteiger partial charge in [0, 0.05) is 32.7 Å². The summed E-state index contributed by atoms with van der Waals surface area (Å²) in [4.78, 5) is 12.7. The molecular formula is C24H26BrNO3. The number of ether oxygens (including phenoxy) is 1. The average molecular weight is 456 g/mol. The van der Waals surface area contributed by atoms with Crippen molar-refractivity contribution >= 4 is 44.1 Å². The predicted molar refractivity (Wildman–Crippen MR) is 123 cm³/mol. The van der Waals surface area contributed by atoms with Crippen molar-refractivity contribution in [3.8, 4) is 5.75 Å². The maximum absolute atomic E-state index is 12.7. The van der Waals surface area contributed by atoms with Crippen LogP contribution in [0.25, 0.3) is 16.5 Å². The van der Waals surface area contributed by atoms with Crippen molar-refractivity contribution in [1.29, 1.82) is 0 Å². The van der Waals surface area contributed by atoms with E-state index in [1.165, 1.54) is 0 Å². The fourth-order valence-corrected chi connectivity index (χ4v) is 3.92. The standard InChI is InChI=1S/C24H26BrNO3/c1-7-28-23-16(5)24-20(15(4)17(6)29-24)12-19(23)13(2)11-22(27)26-21-9-8-18(25)10-14(21)3/h8-12H,7H2,1-6H3,(H,26,27)/b13-11+. The molecule has 0 aliphatic carbocycles. The van der Waals surface area contributed by atoms with E-state index in [9.17, 15) is 4.79 Å². The summed E-state index contributed by atoms with van der Waals surface area (Å²) in [7, 11) is 0. The lowest BCUT2D eigenvalue weighted by Gasteiger charge is -2.15. The van der Waals surface area contributed by atoms with E-state index in [0.717, 1.165) is 60.5 Å². The third-order valence-corrected chi connectivity index (χ3v) is 5.65. The molecule has 0 saturated heterocycles. The van der Waals surface area contributed by atoms with Gasteiger partial charge in [-0.15, -0.1) is 0 Å². The molecule has 2 aromatic carbocycles. The van der Waals surface area contributed by atoms with Gasteiger partial charge in [0.1, 0.15) is 17.1 Å². The maximum Gasteiger partial charge on any atom is 0.248 e. The van der Waals surface area contributed by atoms with E-state index < -0.39 is 0 Å². The molecule has 1 amide bonds. The lowest BCUT2D eigenvalue weighted by molar-refractivity contribution is -0.111. The largest absolute Gasteiger partial charge is 0.493 e. The first-order valence-corrected chi connectivity index (χ1v) is 10.4. The van der Waals surface area contributed by atoms with Crippen molar-refractivity contribution in [1.82, 2.24) is 0 Å². The number of hydrogen-bond acceptors (Lipinski definition) is 3. The van der Waals surface area contributed by atoms with Gasteiger partial charge in [0.05, 0.1) is 6.61 Å². The highest BCUT2D eigenvalue weighted by atomic mass is 79.9. The summed E-state index contributed by atoms with van der Waals surface area (Å²) < 4.78 is 12.9. The molecule has 152 valence electrons. The number of anilines is 1. The van der Waals surface area contributed by atoms with Crippen LogP contribution in [0.4, 0.5) is 5.69 Å². The molecule has 1 heterocycles. The molecule has 29 heavy (non-hydrogen) atoms. The fourth-order valence-electron chi connectivity index (χ4n) is 3.45. The Kier molecular flexibility index (Phi) is 6.18. The van der Waals surface area contributed by atoms with Crippen molar-refractivity contribution in [2.24, 2.45) is 0 Å². The van der Waals surface area contributed by atoms with Gasteiger partial charge in [0.2, 0.25) is 5.91 Å². The summed E-state index contributed by atoms with van der Waals surface area (Å²) in [5.41, 5.74) is 6.43. The summed E-state index contributed by atoms with van der Waals surface area (Å²) >= 11 is 3.44. The van der Waals surface area contributed by atoms with E-state index >= 15 is 0 Å². The van der Waals surface area contributed by atoms with Gasteiger partial charge in [-0.3, -0.25) is 4.79 Å². The highest BCUT2D eigenvalue weighted by Crippen LogP contribution is 2.39. The minimum absolute atomic E-state index is 0.173. The van der Waals surface area contributed by atoms with Crippen molar-refractivity contribution in [3.05, 3.63) is 62.8 Å². The number of allylic oxidation sites excluding steroid dienone is 1. The molecule has 4 nitrogen and oxygen atoms in total. The van der Waals surface area contributed by atoms with Gasteiger partial charge in [-0.2, -0.15) is 0 Å². The van der Waals surface area contributed by atoms with Crippen molar-refractivity contribution < 1.29 is 13.9 Å². The van der Waals surface area contributed by atoms with Crippen LogP contribution in [0.3, 0.4) is 0 Å². The fraction of sp³-hybridized carbons (Fsp3) is 0.292. The van der Waals surface area contributed by atoms with Crippen LogP contribution >= 0.6 is 15.9 Å². The lowest BCUT2D eigenvalue weighted by atomic mass is 9.98. The molecule has 5 heteroatoms. The van der Waals surface area contributed by atoms with Gasteiger partial charge in [-0.25, -0.2) is 0 Å². The number of rotatable bonds is 5. The van der Waals surface area contributed by atoms with E-state index in [2.05, 4.69) is 27.3 Å². The average Bonchev–Trinajstić information content (AvgIpc) is 2.94. The van der Waals surface area contributed by atoms with E-state index in [4.69, 9.17) is 9.15 Å². The van der Waals surface area contributed by atoms with Gasteiger partial charge in [0.25, 0.3) is 0 Å². The Bertz CT molecular complexity index is 1130. The molecule has 0 unspecified atom stereocenters. The van der Waals surface area contributed by atoms with Crippen LogP contribution in [0.5, 0.6) is 5.75 Å². The number of amides is 1. The zero-order chi connectivity index (χ0) is 21.3. The van der Waals surface area contributed by atoms with E-state index in [0.29, 0.717) is 6.61 Å². The highest BCUT2D eigenvalue weighted by molar-refractivity contribution is 9.10. The van der Waals surface area contributed by atoms with Crippen molar-refractivity contribution in [2.75, 3.05) is 11.9 Å². The molecule has 1 N–H and O–H groups in total. The number of hydrogen-bond donors (Lipinski definition) is 1. The van der Waals surface area contributed by atoms with Gasteiger partial charge >= 0.3 is 0 Å². The minimum Gasteiger partial charge on any atom is -0.493 e.